The number of anilines is 1. The van der Waals surface area contributed by atoms with Crippen LogP contribution < -0.4 is 5.32 Å². The van der Waals surface area contributed by atoms with Crippen molar-refractivity contribution in [3.8, 4) is 0 Å². The third-order valence-electron chi connectivity index (χ3n) is 3.58. The molecule has 3 rings (SSSR count). The number of hydrogen-bond acceptors (Lipinski definition) is 4. The number of amides is 2. The van der Waals surface area contributed by atoms with Crippen LogP contribution >= 0.6 is 15.9 Å². The summed E-state index contributed by atoms with van der Waals surface area (Å²) in [7, 11) is 0. The minimum Gasteiger partial charge on any atom is -0.305 e. The average molecular weight is 405 g/mol. The van der Waals surface area contributed by atoms with Crippen molar-refractivity contribution >= 4 is 39.3 Å². The summed E-state index contributed by atoms with van der Waals surface area (Å²) in [6.45, 7) is 0.187. The average Bonchev–Trinajstić information content (AvgIpc) is 2.60. The number of carbonyl (C=O) groups is 2. The molecule has 1 aliphatic rings. The highest BCUT2D eigenvalue weighted by atomic mass is 79.9. The van der Waals surface area contributed by atoms with Crippen LogP contribution in [0.3, 0.4) is 0 Å². The zero-order valence-electron chi connectivity index (χ0n) is 13.1. The summed E-state index contributed by atoms with van der Waals surface area (Å²) in [6, 6.07) is 9.22. The highest BCUT2D eigenvalue weighted by molar-refractivity contribution is 9.10. The summed E-state index contributed by atoms with van der Waals surface area (Å²) in [6.07, 6.45) is 2.03. The van der Waals surface area contributed by atoms with E-state index in [1.165, 1.54) is 17.1 Å². The fourth-order valence-corrected chi connectivity index (χ4v) is 2.52. The van der Waals surface area contributed by atoms with Crippen molar-refractivity contribution in [3.05, 3.63) is 58.4 Å². The number of hydrogen-bond donors (Lipinski definition) is 1. The van der Waals surface area contributed by atoms with Gasteiger partial charge in [-0.1, -0.05) is 12.1 Å². The third-order valence-corrected chi connectivity index (χ3v) is 4.05. The lowest BCUT2D eigenvalue weighted by Gasteiger charge is -2.23. The first-order valence-electron chi connectivity index (χ1n) is 7.56. The Kier molecular flexibility index (Phi) is 5.18. The molecule has 0 spiro atoms. The van der Waals surface area contributed by atoms with Crippen molar-refractivity contribution in [1.29, 1.82) is 0 Å². The van der Waals surface area contributed by atoms with Crippen molar-refractivity contribution in [2.75, 3.05) is 5.32 Å². The molecule has 2 amide bonds. The van der Waals surface area contributed by atoms with E-state index in [9.17, 15) is 14.0 Å². The van der Waals surface area contributed by atoms with E-state index in [1.807, 2.05) is 0 Å². The van der Waals surface area contributed by atoms with E-state index in [1.54, 1.807) is 30.5 Å². The molecule has 0 saturated heterocycles. The Bertz CT molecular complexity index is 822. The van der Waals surface area contributed by atoms with Gasteiger partial charge < -0.3 is 5.32 Å². The fourth-order valence-electron chi connectivity index (χ4n) is 2.29. The Morgan fingerprint density at radius 2 is 1.96 bits per heavy atom. The maximum Gasteiger partial charge on any atom is 0.273 e. The fraction of sp³-hybridized carbons (Fsp3) is 0.176. The van der Waals surface area contributed by atoms with Gasteiger partial charge in [-0.2, -0.15) is 5.10 Å². The van der Waals surface area contributed by atoms with E-state index in [4.69, 9.17) is 0 Å². The van der Waals surface area contributed by atoms with Crippen LogP contribution in [0.5, 0.6) is 0 Å². The van der Waals surface area contributed by atoms with E-state index in [0.717, 1.165) is 10.0 Å². The second-order valence-corrected chi connectivity index (χ2v) is 6.36. The molecule has 8 heteroatoms. The summed E-state index contributed by atoms with van der Waals surface area (Å²) in [5.74, 6) is -0.522. The molecule has 25 heavy (non-hydrogen) atoms. The summed E-state index contributed by atoms with van der Waals surface area (Å²) in [4.78, 5) is 28.4. The predicted octanol–water partition coefficient (Wildman–Crippen LogP) is 3.10. The van der Waals surface area contributed by atoms with Crippen molar-refractivity contribution in [3.63, 3.8) is 0 Å². The van der Waals surface area contributed by atoms with Crippen molar-refractivity contribution in [1.82, 2.24) is 9.99 Å². The van der Waals surface area contributed by atoms with E-state index in [2.05, 4.69) is 31.3 Å². The third kappa shape index (κ3) is 4.48. The van der Waals surface area contributed by atoms with Crippen LogP contribution in [0.2, 0.25) is 0 Å². The van der Waals surface area contributed by atoms with E-state index in [0.29, 0.717) is 5.82 Å². The Labute approximate surface area is 151 Å². The summed E-state index contributed by atoms with van der Waals surface area (Å²) in [5, 5.41) is 8.04. The van der Waals surface area contributed by atoms with Gasteiger partial charge in [0.05, 0.1) is 6.54 Å². The molecule has 1 N–H and O–H groups in total. The molecule has 0 radical (unpaired) electrons. The van der Waals surface area contributed by atoms with Gasteiger partial charge in [-0.25, -0.2) is 14.4 Å². The van der Waals surface area contributed by atoms with Gasteiger partial charge >= 0.3 is 0 Å². The van der Waals surface area contributed by atoms with E-state index in [-0.39, 0.29) is 36.8 Å². The van der Waals surface area contributed by atoms with Gasteiger partial charge in [-0.15, -0.1) is 0 Å². The normalized spacial score (nSPS) is 14.2. The molecule has 6 nitrogen and oxygen atoms in total. The number of aromatic nitrogens is 1. The van der Waals surface area contributed by atoms with Crippen LogP contribution in [0.1, 0.15) is 18.4 Å². The monoisotopic (exact) mass is 404 g/mol. The first kappa shape index (κ1) is 17.2. The standard InChI is InChI=1S/C17H14BrFN4O2/c18-12-3-7-15(20-9-12)21-17(25)14-6-8-16(24)23(22-14)10-11-1-4-13(19)5-2-11/h1-5,7,9H,6,8,10H2,(H,20,21,25). The first-order chi connectivity index (χ1) is 12.0. The molecule has 2 aromatic rings. The number of halogens is 2. The highest BCUT2D eigenvalue weighted by Gasteiger charge is 2.24. The predicted molar refractivity (Wildman–Crippen MR) is 94.2 cm³/mol. The number of benzene rings is 1. The second kappa shape index (κ2) is 7.52. The molecule has 0 atom stereocenters. The number of nitrogens with zero attached hydrogens (tertiary/aromatic N) is 3. The lowest BCUT2D eigenvalue weighted by molar-refractivity contribution is -0.132. The molecule has 2 heterocycles. The quantitative estimate of drug-likeness (QED) is 0.850. The molecule has 0 fully saturated rings. The van der Waals surface area contributed by atoms with Gasteiger partial charge in [0.25, 0.3) is 5.91 Å². The molecule has 1 aromatic carbocycles. The molecular formula is C17H14BrFN4O2. The Hall–Kier alpha value is -2.61. The number of pyridine rings is 1. The zero-order valence-corrected chi connectivity index (χ0v) is 14.7. The molecule has 1 aliphatic heterocycles. The topological polar surface area (TPSA) is 74.7 Å². The number of hydrazone groups is 1. The summed E-state index contributed by atoms with van der Waals surface area (Å²) >= 11 is 3.27. The molecule has 0 saturated carbocycles. The van der Waals surface area contributed by atoms with E-state index >= 15 is 0 Å². The molecule has 0 unspecified atom stereocenters. The Morgan fingerprint density at radius 3 is 2.64 bits per heavy atom. The van der Waals surface area contributed by atoms with Gasteiger partial charge in [-0.05, 0) is 45.8 Å². The lowest BCUT2D eigenvalue weighted by atomic mass is 10.1. The van der Waals surface area contributed by atoms with Crippen LogP contribution in [0.4, 0.5) is 10.2 Å². The minimum atomic E-state index is -0.397. The Balaban J connectivity index is 1.72. The van der Waals surface area contributed by atoms with Crippen LogP contribution in [-0.2, 0) is 16.1 Å². The molecule has 128 valence electrons. The second-order valence-electron chi connectivity index (χ2n) is 5.44. The highest BCUT2D eigenvalue weighted by Crippen LogP contribution is 2.16. The minimum absolute atomic E-state index is 0.178. The number of rotatable bonds is 4. The molecule has 0 aliphatic carbocycles. The molecular weight excluding hydrogens is 391 g/mol. The van der Waals surface area contributed by atoms with Gasteiger partial charge in [0, 0.05) is 23.5 Å². The summed E-state index contributed by atoms with van der Waals surface area (Å²) in [5.41, 5.74) is 0.987. The smallest absolute Gasteiger partial charge is 0.273 e. The van der Waals surface area contributed by atoms with Crippen LogP contribution in [0.15, 0.2) is 52.2 Å². The largest absolute Gasteiger partial charge is 0.305 e. The molecule has 1 aromatic heterocycles. The summed E-state index contributed by atoms with van der Waals surface area (Å²) < 4.78 is 13.8. The van der Waals surface area contributed by atoms with Crippen LogP contribution in [-0.4, -0.2) is 27.5 Å². The van der Waals surface area contributed by atoms with Crippen molar-refractivity contribution in [2.45, 2.75) is 19.4 Å². The van der Waals surface area contributed by atoms with Crippen LogP contribution in [0.25, 0.3) is 0 Å². The van der Waals surface area contributed by atoms with Crippen molar-refractivity contribution < 1.29 is 14.0 Å². The Morgan fingerprint density at radius 1 is 1.20 bits per heavy atom. The molecule has 0 bridgehead atoms. The van der Waals surface area contributed by atoms with Gasteiger partial charge in [-0.3, -0.25) is 9.59 Å². The van der Waals surface area contributed by atoms with Gasteiger partial charge in [0.2, 0.25) is 5.91 Å². The SMILES string of the molecule is O=C(Nc1ccc(Br)cn1)C1=NN(Cc2ccc(F)cc2)C(=O)CC1. The van der Waals surface area contributed by atoms with E-state index < -0.39 is 5.91 Å². The lowest BCUT2D eigenvalue weighted by Crippen LogP contribution is -2.36. The van der Waals surface area contributed by atoms with Gasteiger partial charge in [0.15, 0.2) is 0 Å². The van der Waals surface area contributed by atoms with Gasteiger partial charge in [0.1, 0.15) is 17.3 Å². The van der Waals surface area contributed by atoms with Crippen molar-refractivity contribution in [2.24, 2.45) is 5.10 Å². The number of carbonyl (C=O) groups excluding carboxylic acids is 2. The first-order valence-corrected chi connectivity index (χ1v) is 8.36. The van der Waals surface area contributed by atoms with Crippen LogP contribution in [0, 0.1) is 5.82 Å². The number of nitrogens with one attached hydrogen (secondary N) is 1. The maximum absolute atomic E-state index is 13.0. The zero-order chi connectivity index (χ0) is 17.8. The maximum atomic E-state index is 13.0.